The Morgan fingerprint density at radius 1 is 1.16 bits per heavy atom. The van der Waals surface area contributed by atoms with E-state index in [1.165, 1.54) is 6.07 Å². The summed E-state index contributed by atoms with van der Waals surface area (Å²) in [5.41, 5.74) is 0.840. The van der Waals surface area contributed by atoms with Gasteiger partial charge in [0.2, 0.25) is 0 Å². The predicted octanol–water partition coefficient (Wildman–Crippen LogP) is 2.54. The predicted molar refractivity (Wildman–Crippen MR) is 70.5 cm³/mol. The Kier molecular flexibility index (Phi) is 3.62. The second kappa shape index (κ2) is 5.39. The smallest absolute Gasteiger partial charge is 0.160 e. The van der Waals surface area contributed by atoms with Crippen LogP contribution in [0.15, 0.2) is 18.2 Å². The van der Waals surface area contributed by atoms with E-state index in [2.05, 4.69) is 0 Å². The van der Waals surface area contributed by atoms with Gasteiger partial charge in [-0.1, -0.05) is 18.6 Å². The molecule has 104 valence electrons. The van der Waals surface area contributed by atoms with Crippen molar-refractivity contribution in [1.82, 2.24) is 0 Å². The van der Waals surface area contributed by atoms with E-state index in [0.717, 1.165) is 44.5 Å². The van der Waals surface area contributed by atoms with Gasteiger partial charge in [-0.2, -0.15) is 0 Å². The maximum atomic E-state index is 10.0. The second-order valence-corrected chi connectivity index (χ2v) is 5.49. The zero-order valence-electron chi connectivity index (χ0n) is 10.9. The zero-order valence-corrected chi connectivity index (χ0v) is 10.9. The number of epoxide rings is 2. The van der Waals surface area contributed by atoms with Crippen LogP contribution in [-0.4, -0.2) is 35.6 Å². The summed E-state index contributed by atoms with van der Waals surface area (Å²) >= 11 is 0. The fourth-order valence-electron chi connectivity index (χ4n) is 2.63. The van der Waals surface area contributed by atoms with E-state index in [0.29, 0.717) is 12.2 Å². The Morgan fingerprint density at radius 3 is 2.58 bits per heavy atom. The van der Waals surface area contributed by atoms with E-state index >= 15 is 0 Å². The van der Waals surface area contributed by atoms with Crippen molar-refractivity contribution in [2.24, 2.45) is 0 Å². The molecule has 0 saturated carbocycles. The minimum absolute atomic E-state index is 0.0239. The fourth-order valence-corrected chi connectivity index (χ4v) is 2.63. The molecule has 2 aliphatic rings. The van der Waals surface area contributed by atoms with Gasteiger partial charge in [0.15, 0.2) is 11.5 Å². The third-order valence-corrected chi connectivity index (χ3v) is 3.92. The number of hydrogen-bond acceptors (Lipinski definition) is 4. The summed E-state index contributed by atoms with van der Waals surface area (Å²) in [5.74, 6) is 0.235. The number of ether oxygens (including phenoxy) is 2. The molecule has 0 aromatic heterocycles. The van der Waals surface area contributed by atoms with E-state index in [9.17, 15) is 10.2 Å². The van der Waals surface area contributed by atoms with Crippen LogP contribution in [0.1, 0.15) is 37.2 Å². The van der Waals surface area contributed by atoms with Crippen molar-refractivity contribution >= 4 is 0 Å². The number of para-hydroxylation sites is 1. The number of aromatic hydroxyl groups is 2. The lowest BCUT2D eigenvalue weighted by atomic mass is 9.88. The summed E-state index contributed by atoms with van der Waals surface area (Å²) in [6.07, 6.45) is 4.86. The number of phenols is 2. The molecular weight excluding hydrogens is 244 g/mol. The van der Waals surface area contributed by atoms with E-state index in [4.69, 9.17) is 9.47 Å². The van der Waals surface area contributed by atoms with Gasteiger partial charge in [0.05, 0.1) is 25.4 Å². The first-order valence-electron chi connectivity index (χ1n) is 6.98. The maximum Gasteiger partial charge on any atom is 0.160 e. The first kappa shape index (κ1) is 12.8. The Balaban J connectivity index is 1.66. The fraction of sp³-hybridized carbons (Fsp3) is 0.600. The highest BCUT2D eigenvalue weighted by atomic mass is 16.6. The van der Waals surface area contributed by atoms with Crippen molar-refractivity contribution < 1.29 is 19.7 Å². The van der Waals surface area contributed by atoms with Gasteiger partial charge >= 0.3 is 0 Å². The summed E-state index contributed by atoms with van der Waals surface area (Å²) in [6, 6.07) is 5.20. The Morgan fingerprint density at radius 2 is 1.89 bits per heavy atom. The van der Waals surface area contributed by atoms with Crippen LogP contribution in [0.3, 0.4) is 0 Å². The molecule has 0 radical (unpaired) electrons. The van der Waals surface area contributed by atoms with Crippen LogP contribution in [0.4, 0.5) is 0 Å². The van der Waals surface area contributed by atoms with E-state index in [1.54, 1.807) is 6.07 Å². The van der Waals surface area contributed by atoms with Crippen LogP contribution in [-0.2, 0) is 9.47 Å². The summed E-state index contributed by atoms with van der Waals surface area (Å²) in [4.78, 5) is 0. The minimum Gasteiger partial charge on any atom is -0.504 e. The van der Waals surface area contributed by atoms with E-state index < -0.39 is 0 Å². The number of hydrogen-bond donors (Lipinski definition) is 2. The highest BCUT2D eigenvalue weighted by Crippen LogP contribution is 2.40. The topological polar surface area (TPSA) is 65.5 Å². The molecule has 3 rings (SSSR count). The van der Waals surface area contributed by atoms with Gasteiger partial charge in [0.1, 0.15) is 0 Å². The lowest BCUT2D eigenvalue weighted by molar-refractivity contribution is 0.352. The molecular formula is C15H20O4. The van der Waals surface area contributed by atoms with Crippen molar-refractivity contribution in [1.29, 1.82) is 0 Å². The Bertz CT molecular complexity index is 438. The van der Waals surface area contributed by atoms with Crippen molar-refractivity contribution in [3.8, 4) is 11.5 Å². The molecule has 0 spiro atoms. The van der Waals surface area contributed by atoms with Gasteiger partial charge in [0, 0.05) is 5.56 Å². The maximum absolute atomic E-state index is 10.0. The van der Waals surface area contributed by atoms with Gasteiger partial charge < -0.3 is 19.7 Å². The van der Waals surface area contributed by atoms with Crippen LogP contribution in [0, 0.1) is 0 Å². The average molecular weight is 264 g/mol. The van der Waals surface area contributed by atoms with Crippen LogP contribution < -0.4 is 0 Å². The molecule has 1 aromatic rings. The van der Waals surface area contributed by atoms with Gasteiger partial charge in [-0.15, -0.1) is 0 Å². The van der Waals surface area contributed by atoms with Crippen LogP contribution in [0.25, 0.3) is 0 Å². The number of rotatable bonds is 7. The first-order chi connectivity index (χ1) is 9.24. The summed E-state index contributed by atoms with van der Waals surface area (Å²) < 4.78 is 10.5. The molecule has 2 heterocycles. The monoisotopic (exact) mass is 264 g/mol. The highest BCUT2D eigenvalue weighted by Gasteiger charge is 2.30. The molecule has 19 heavy (non-hydrogen) atoms. The lowest BCUT2D eigenvalue weighted by Gasteiger charge is -2.18. The molecule has 1 aromatic carbocycles. The second-order valence-electron chi connectivity index (χ2n) is 5.49. The third-order valence-electron chi connectivity index (χ3n) is 3.92. The summed E-state index contributed by atoms with van der Waals surface area (Å²) in [6.45, 7) is 1.72. The molecule has 2 saturated heterocycles. The largest absolute Gasteiger partial charge is 0.504 e. The minimum atomic E-state index is -0.0373. The molecule has 2 N–H and O–H groups in total. The molecule has 2 aliphatic heterocycles. The molecule has 0 bridgehead atoms. The van der Waals surface area contributed by atoms with Crippen molar-refractivity contribution in [2.75, 3.05) is 13.2 Å². The zero-order chi connectivity index (χ0) is 13.2. The summed E-state index contributed by atoms with van der Waals surface area (Å²) in [7, 11) is 0. The highest BCUT2D eigenvalue weighted by molar-refractivity contribution is 5.46. The quantitative estimate of drug-likeness (QED) is 0.586. The molecule has 0 amide bonds. The van der Waals surface area contributed by atoms with Crippen molar-refractivity contribution in [2.45, 2.75) is 43.8 Å². The first-order valence-corrected chi connectivity index (χ1v) is 6.98. The van der Waals surface area contributed by atoms with Gasteiger partial charge in [0.25, 0.3) is 0 Å². The van der Waals surface area contributed by atoms with Gasteiger partial charge in [-0.05, 0) is 31.2 Å². The molecule has 3 atom stereocenters. The van der Waals surface area contributed by atoms with E-state index in [-0.39, 0.29) is 17.4 Å². The van der Waals surface area contributed by atoms with Crippen LogP contribution in [0.5, 0.6) is 11.5 Å². The molecule has 4 heteroatoms. The Hall–Kier alpha value is -1.26. The van der Waals surface area contributed by atoms with Crippen LogP contribution in [0.2, 0.25) is 0 Å². The lowest BCUT2D eigenvalue weighted by Crippen LogP contribution is -2.04. The average Bonchev–Trinajstić information content (AvgIpc) is 3.25. The van der Waals surface area contributed by atoms with E-state index in [1.807, 2.05) is 6.07 Å². The Labute approximate surface area is 113 Å². The third kappa shape index (κ3) is 3.39. The summed E-state index contributed by atoms with van der Waals surface area (Å²) in [5, 5.41) is 19.6. The molecule has 4 nitrogen and oxygen atoms in total. The standard InChI is InChI=1S/C15H20O4/c16-14-6-2-5-13(15(14)17)10(7-12-9-19-12)3-1-4-11-8-18-11/h2,5-6,10-12,16-17H,1,3-4,7-9H2. The molecule has 0 aliphatic carbocycles. The van der Waals surface area contributed by atoms with Crippen molar-refractivity contribution in [3.05, 3.63) is 23.8 Å². The number of benzene rings is 1. The molecule has 3 unspecified atom stereocenters. The SMILES string of the molecule is Oc1cccc(C(CCCC2CO2)CC2CO2)c1O. The number of phenolic OH excluding ortho intramolecular Hbond substituents is 2. The van der Waals surface area contributed by atoms with Crippen LogP contribution >= 0.6 is 0 Å². The van der Waals surface area contributed by atoms with Gasteiger partial charge in [-0.3, -0.25) is 0 Å². The molecule has 2 fully saturated rings. The van der Waals surface area contributed by atoms with Crippen molar-refractivity contribution in [3.63, 3.8) is 0 Å². The normalized spacial score (nSPS) is 26.1. The van der Waals surface area contributed by atoms with Gasteiger partial charge in [-0.25, -0.2) is 0 Å².